The molecule has 7 heteroatoms. The molecule has 0 radical (unpaired) electrons. The average molecular weight is 390 g/mol. The van der Waals surface area contributed by atoms with Crippen LogP contribution in [0.2, 0.25) is 0 Å². The molecular formula is C22H26N6O. The first-order valence-electron chi connectivity index (χ1n) is 10.2. The Hall–Kier alpha value is -2.93. The number of carbonyl (C=O) groups is 1. The highest BCUT2D eigenvalue weighted by Gasteiger charge is 2.52. The zero-order chi connectivity index (χ0) is 19.8. The standard InChI is InChI=1S/C22H26N6O/c1-26-16-23-13-19(26)21(29)25-18-12-22(28-11-9-24-20(18)28)14-27(15-22)10-5-8-17-6-3-2-4-7-17/h2-4,6-7,9,11,13,16,18H,5,8,10,12,14-15H2,1H3,(H,25,29). The van der Waals surface area contributed by atoms with E-state index in [0.29, 0.717) is 5.69 Å². The van der Waals surface area contributed by atoms with Gasteiger partial charge in [0.15, 0.2) is 0 Å². The molecule has 5 rings (SSSR count). The molecule has 2 aliphatic rings. The van der Waals surface area contributed by atoms with Crippen molar-refractivity contribution < 1.29 is 4.79 Å². The minimum absolute atomic E-state index is 0.0566. The maximum Gasteiger partial charge on any atom is 0.270 e. The Labute approximate surface area is 170 Å². The number of aromatic nitrogens is 4. The Morgan fingerprint density at radius 1 is 1.28 bits per heavy atom. The van der Waals surface area contributed by atoms with Gasteiger partial charge in [0.2, 0.25) is 0 Å². The quantitative estimate of drug-likeness (QED) is 0.700. The largest absolute Gasteiger partial charge is 0.341 e. The Balaban J connectivity index is 1.20. The molecule has 1 aromatic carbocycles. The molecular weight excluding hydrogens is 364 g/mol. The molecule has 0 saturated carbocycles. The SMILES string of the molecule is Cn1cncc1C(=O)NC1CC2(CN(CCCc3ccccc3)C2)n2ccnc21. The summed E-state index contributed by atoms with van der Waals surface area (Å²) in [7, 11) is 1.83. The summed E-state index contributed by atoms with van der Waals surface area (Å²) in [5, 5.41) is 3.17. The zero-order valence-corrected chi connectivity index (χ0v) is 16.7. The first-order valence-corrected chi connectivity index (χ1v) is 10.2. The van der Waals surface area contributed by atoms with E-state index in [0.717, 1.165) is 44.7 Å². The van der Waals surface area contributed by atoms with Crippen LogP contribution < -0.4 is 5.32 Å². The number of nitrogens with one attached hydrogen (secondary N) is 1. The van der Waals surface area contributed by atoms with Crippen LogP contribution in [0.25, 0.3) is 0 Å². The fraction of sp³-hybridized carbons (Fsp3) is 0.409. The van der Waals surface area contributed by atoms with Gasteiger partial charge in [0, 0.05) is 39.0 Å². The lowest BCUT2D eigenvalue weighted by molar-refractivity contribution is 0.0133. The Kier molecular flexibility index (Phi) is 4.47. The summed E-state index contributed by atoms with van der Waals surface area (Å²) in [5.74, 6) is 0.866. The molecule has 1 unspecified atom stereocenters. The smallest absolute Gasteiger partial charge is 0.270 e. The van der Waals surface area contributed by atoms with Crippen molar-refractivity contribution in [2.75, 3.05) is 19.6 Å². The summed E-state index contributed by atoms with van der Waals surface area (Å²) in [6.45, 7) is 3.14. The van der Waals surface area contributed by atoms with Crippen LogP contribution in [0.3, 0.4) is 0 Å². The number of fused-ring (bicyclic) bond motifs is 2. The van der Waals surface area contributed by atoms with Crippen LogP contribution in [0, 0.1) is 0 Å². The highest BCUT2D eigenvalue weighted by atomic mass is 16.2. The highest BCUT2D eigenvalue weighted by Crippen LogP contribution is 2.44. The van der Waals surface area contributed by atoms with Gasteiger partial charge in [-0.15, -0.1) is 0 Å². The van der Waals surface area contributed by atoms with Crippen molar-refractivity contribution in [3.63, 3.8) is 0 Å². The van der Waals surface area contributed by atoms with Gasteiger partial charge in [-0.25, -0.2) is 9.97 Å². The summed E-state index contributed by atoms with van der Waals surface area (Å²) in [5.41, 5.74) is 2.03. The number of aryl methyl sites for hydroxylation is 2. The van der Waals surface area contributed by atoms with Gasteiger partial charge in [-0.2, -0.15) is 0 Å². The van der Waals surface area contributed by atoms with Crippen molar-refractivity contribution >= 4 is 5.91 Å². The van der Waals surface area contributed by atoms with Gasteiger partial charge in [0.25, 0.3) is 5.91 Å². The van der Waals surface area contributed by atoms with Gasteiger partial charge in [-0.05, 0) is 24.9 Å². The van der Waals surface area contributed by atoms with Crippen LogP contribution in [-0.4, -0.2) is 49.5 Å². The summed E-state index contributed by atoms with van der Waals surface area (Å²) < 4.78 is 4.03. The lowest BCUT2D eigenvalue weighted by Crippen LogP contribution is -2.61. The Morgan fingerprint density at radius 2 is 2.10 bits per heavy atom. The molecule has 1 saturated heterocycles. The van der Waals surface area contributed by atoms with Crippen LogP contribution in [0.1, 0.15) is 40.8 Å². The molecule has 1 spiro atoms. The predicted molar refractivity (Wildman–Crippen MR) is 109 cm³/mol. The number of rotatable bonds is 6. The zero-order valence-electron chi connectivity index (χ0n) is 16.7. The maximum absolute atomic E-state index is 12.7. The minimum Gasteiger partial charge on any atom is -0.341 e. The van der Waals surface area contributed by atoms with Crippen LogP contribution in [0.4, 0.5) is 0 Å². The number of hydrogen-bond donors (Lipinski definition) is 1. The number of hydrogen-bond acceptors (Lipinski definition) is 4. The van der Waals surface area contributed by atoms with Crippen molar-refractivity contribution in [1.29, 1.82) is 0 Å². The van der Waals surface area contributed by atoms with E-state index in [1.165, 1.54) is 5.56 Å². The number of amides is 1. The number of benzene rings is 1. The van der Waals surface area contributed by atoms with Crippen molar-refractivity contribution in [1.82, 2.24) is 29.3 Å². The molecule has 29 heavy (non-hydrogen) atoms. The number of likely N-dealkylation sites (tertiary alicyclic amines) is 1. The van der Waals surface area contributed by atoms with Gasteiger partial charge in [-0.1, -0.05) is 30.3 Å². The third-order valence-corrected chi connectivity index (χ3v) is 6.25. The third-order valence-electron chi connectivity index (χ3n) is 6.25. The topological polar surface area (TPSA) is 68.0 Å². The third kappa shape index (κ3) is 3.25. The van der Waals surface area contributed by atoms with E-state index >= 15 is 0 Å². The first-order chi connectivity index (χ1) is 14.1. The second kappa shape index (κ2) is 7.15. The van der Waals surface area contributed by atoms with E-state index in [4.69, 9.17) is 0 Å². The van der Waals surface area contributed by atoms with Gasteiger partial charge < -0.3 is 14.5 Å². The fourth-order valence-electron chi connectivity index (χ4n) is 4.84. The molecule has 0 aliphatic carbocycles. The predicted octanol–water partition coefficient (Wildman–Crippen LogP) is 2.14. The van der Waals surface area contributed by atoms with Crippen LogP contribution >= 0.6 is 0 Å². The van der Waals surface area contributed by atoms with E-state index in [1.807, 2.05) is 13.2 Å². The van der Waals surface area contributed by atoms with E-state index in [2.05, 4.69) is 61.3 Å². The molecule has 7 nitrogen and oxygen atoms in total. The number of imidazole rings is 2. The van der Waals surface area contributed by atoms with Gasteiger partial charge >= 0.3 is 0 Å². The van der Waals surface area contributed by atoms with Crippen molar-refractivity contribution in [2.24, 2.45) is 7.05 Å². The van der Waals surface area contributed by atoms with Crippen molar-refractivity contribution in [3.05, 3.63) is 72.3 Å². The number of nitrogens with zero attached hydrogens (tertiary/aromatic N) is 5. The normalized spacial score (nSPS) is 19.8. The van der Waals surface area contributed by atoms with E-state index in [-0.39, 0.29) is 17.5 Å². The molecule has 1 atom stereocenters. The van der Waals surface area contributed by atoms with Gasteiger partial charge in [0.05, 0.1) is 24.1 Å². The monoisotopic (exact) mass is 390 g/mol. The van der Waals surface area contributed by atoms with Crippen molar-refractivity contribution in [3.8, 4) is 0 Å². The molecule has 1 fully saturated rings. The van der Waals surface area contributed by atoms with Crippen LogP contribution in [-0.2, 0) is 19.0 Å². The van der Waals surface area contributed by atoms with Crippen LogP contribution in [0.15, 0.2) is 55.2 Å². The van der Waals surface area contributed by atoms with Gasteiger partial charge in [-0.3, -0.25) is 9.69 Å². The summed E-state index contributed by atoms with van der Waals surface area (Å²) in [6, 6.07) is 10.6. The number of carbonyl (C=O) groups excluding carboxylic acids is 1. The van der Waals surface area contributed by atoms with Crippen LogP contribution in [0.5, 0.6) is 0 Å². The molecule has 1 N–H and O–H groups in total. The summed E-state index contributed by atoms with van der Waals surface area (Å²) in [6.07, 6.45) is 10.3. The van der Waals surface area contributed by atoms with Gasteiger partial charge in [0.1, 0.15) is 11.5 Å². The highest BCUT2D eigenvalue weighted by molar-refractivity contribution is 5.92. The molecule has 2 aromatic heterocycles. The Morgan fingerprint density at radius 3 is 2.86 bits per heavy atom. The minimum atomic E-state index is -0.0966. The summed E-state index contributed by atoms with van der Waals surface area (Å²) in [4.78, 5) is 23.8. The Bertz CT molecular complexity index is 1000. The molecule has 0 bridgehead atoms. The van der Waals surface area contributed by atoms with E-state index in [1.54, 1.807) is 17.1 Å². The van der Waals surface area contributed by atoms with E-state index in [9.17, 15) is 4.79 Å². The molecule has 4 heterocycles. The molecule has 150 valence electrons. The second-order valence-corrected chi connectivity index (χ2v) is 8.30. The average Bonchev–Trinajstić information content (AvgIpc) is 3.40. The maximum atomic E-state index is 12.7. The summed E-state index contributed by atoms with van der Waals surface area (Å²) >= 11 is 0. The second-order valence-electron chi connectivity index (χ2n) is 8.30. The van der Waals surface area contributed by atoms with E-state index < -0.39 is 0 Å². The molecule has 2 aliphatic heterocycles. The van der Waals surface area contributed by atoms with Crippen molar-refractivity contribution in [2.45, 2.75) is 30.8 Å². The lowest BCUT2D eigenvalue weighted by atomic mass is 9.85. The fourth-order valence-corrected chi connectivity index (χ4v) is 4.84. The lowest BCUT2D eigenvalue weighted by Gasteiger charge is -2.49. The molecule has 3 aromatic rings. The molecule has 1 amide bonds. The first kappa shape index (κ1) is 18.1.